The lowest BCUT2D eigenvalue weighted by atomic mass is 9.69. The first-order valence-electron chi connectivity index (χ1n) is 17.6. The van der Waals surface area contributed by atoms with Crippen molar-refractivity contribution in [3.05, 3.63) is 53.6 Å². The molecule has 11 heteroatoms. The van der Waals surface area contributed by atoms with Crippen LogP contribution in [0, 0.1) is 29.2 Å². The van der Waals surface area contributed by atoms with Gasteiger partial charge in [-0.1, -0.05) is 24.5 Å². The molecule has 1 heterocycles. The van der Waals surface area contributed by atoms with Gasteiger partial charge in [0.25, 0.3) is 0 Å². The zero-order valence-electron chi connectivity index (χ0n) is 29.7. The van der Waals surface area contributed by atoms with Crippen LogP contribution in [0.5, 0.6) is 23.0 Å². The van der Waals surface area contributed by atoms with Gasteiger partial charge in [-0.15, -0.1) is 0 Å². The van der Waals surface area contributed by atoms with Gasteiger partial charge in [-0.2, -0.15) is 0 Å². The highest BCUT2D eigenvalue weighted by atomic mass is 16.6. The molecule has 3 aliphatic rings. The molecular weight excluding hydrogens is 636 g/mol. The van der Waals surface area contributed by atoms with Gasteiger partial charge < -0.3 is 40.2 Å². The minimum atomic E-state index is -0.827. The summed E-state index contributed by atoms with van der Waals surface area (Å²) in [5.74, 6) is 4.73. The molecule has 6 N–H and O–H groups in total. The number of carbonyl (C=O) groups excluding carboxylic acids is 1. The number of carbonyl (C=O) groups is 1. The number of methoxy groups -OCH3 is 2. The summed E-state index contributed by atoms with van der Waals surface area (Å²) in [5, 5.41) is 41.3. The number of phenols is 2. The van der Waals surface area contributed by atoms with Crippen molar-refractivity contribution in [1.82, 2.24) is 10.6 Å². The first-order valence-corrected chi connectivity index (χ1v) is 17.6. The highest BCUT2D eigenvalue weighted by Gasteiger charge is 2.47. The largest absolute Gasteiger partial charge is 0.504 e. The van der Waals surface area contributed by atoms with Crippen LogP contribution in [0.3, 0.4) is 0 Å². The molecule has 5 unspecified atom stereocenters. The number of fused-ring (bicyclic) bond motifs is 3. The number of benzene rings is 2. The molecular formula is C39H52N4O7. The third kappa shape index (κ3) is 8.55. The van der Waals surface area contributed by atoms with Crippen LogP contribution in [0.25, 0.3) is 0 Å². The lowest BCUT2D eigenvalue weighted by Crippen LogP contribution is -2.43. The van der Waals surface area contributed by atoms with Gasteiger partial charge in [0.05, 0.1) is 12.8 Å². The lowest BCUT2D eigenvalue weighted by molar-refractivity contribution is -0.125. The molecule has 270 valence electrons. The first kappa shape index (κ1) is 37.0. The van der Waals surface area contributed by atoms with Gasteiger partial charge in [-0.05, 0) is 112 Å². The molecule has 2 aromatic carbocycles. The Balaban J connectivity index is 1.44. The summed E-state index contributed by atoms with van der Waals surface area (Å²) < 4.78 is 17.2. The van der Waals surface area contributed by atoms with Crippen molar-refractivity contribution in [1.29, 1.82) is 0 Å². The molecule has 0 saturated heterocycles. The van der Waals surface area contributed by atoms with E-state index in [0.717, 1.165) is 43.2 Å². The Bertz CT molecular complexity index is 1630. The standard InChI is InChI=1S/C39H52N4O7/c1-40-25-38(17-15-28(23-38)22-35(46)49-4)50-33-20-26-9-5-6-12-34(45)39(24-27-13-14-31(44)32(21-27)48-3)16-7-10-29(39)11-8-18-42-37(41-2)43-30(19-26)36(33)47/h6,12-14,19-21,28-29,35,40,44,46-47H,5,7,9-11,15-17,22-25H2,1-4H3,(H2,41,42,43). The van der Waals surface area contributed by atoms with Crippen molar-refractivity contribution >= 4 is 17.4 Å². The van der Waals surface area contributed by atoms with Gasteiger partial charge >= 0.3 is 0 Å². The zero-order valence-corrected chi connectivity index (χ0v) is 29.7. The zero-order chi connectivity index (χ0) is 35.7. The van der Waals surface area contributed by atoms with Crippen molar-refractivity contribution in [2.75, 3.05) is 40.2 Å². The minimum Gasteiger partial charge on any atom is -0.504 e. The van der Waals surface area contributed by atoms with E-state index in [0.29, 0.717) is 68.2 Å². The second kappa shape index (κ2) is 16.6. The maximum atomic E-state index is 14.2. The summed E-state index contributed by atoms with van der Waals surface area (Å²) in [6.07, 6.45) is 10.5. The summed E-state index contributed by atoms with van der Waals surface area (Å²) in [4.78, 5) is 18.5. The summed E-state index contributed by atoms with van der Waals surface area (Å²) in [6.45, 7) is 0.572. The number of likely N-dealkylation sites (N-methyl/N-ethyl adjacent to an activating group) is 1. The summed E-state index contributed by atoms with van der Waals surface area (Å²) in [6, 6.07) is 12.1. The number of ketones is 1. The number of aliphatic hydroxyl groups is 1. The second-order valence-corrected chi connectivity index (χ2v) is 13.9. The maximum Gasteiger partial charge on any atom is 0.207 e. The molecule has 2 aliphatic carbocycles. The van der Waals surface area contributed by atoms with E-state index in [1.165, 1.54) is 14.2 Å². The molecule has 11 nitrogen and oxygen atoms in total. The number of nitrogens with one attached hydrogen (secondary N) is 3. The summed E-state index contributed by atoms with van der Waals surface area (Å²) >= 11 is 0. The van der Waals surface area contributed by atoms with Crippen molar-refractivity contribution in [2.24, 2.45) is 22.2 Å². The molecule has 0 amide bonds. The number of ether oxygens (including phenoxy) is 3. The monoisotopic (exact) mass is 688 g/mol. The van der Waals surface area contributed by atoms with E-state index < -0.39 is 17.3 Å². The first-order chi connectivity index (χ1) is 24.1. The number of hydrogen-bond acceptors (Lipinski definition) is 9. The third-order valence-electron chi connectivity index (χ3n) is 10.6. The van der Waals surface area contributed by atoms with Gasteiger partial charge in [0.2, 0.25) is 5.96 Å². The molecule has 0 radical (unpaired) electrons. The normalized spacial score (nSPS) is 26.7. The molecule has 2 fully saturated rings. The fourth-order valence-corrected chi connectivity index (χ4v) is 8.04. The van der Waals surface area contributed by atoms with E-state index >= 15 is 0 Å². The summed E-state index contributed by atoms with van der Waals surface area (Å²) in [5.41, 5.74) is 1.07. The van der Waals surface area contributed by atoms with Crippen LogP contribution in [0.4, 0.5) is 5.69 Å². The van der Waals surface area contributed by atoms with Gasteiger partial charge in [0, 0.05) is 45.0 Å². The Morgan fingerprint density at radius 3 is 2.74 bits per heavy atom. The number of anilines is 1. The molecule has 0 spiro atoms. The number of allylic oxidation sites excluding steroid dienone is 2. The fraction of sp³-hybridized carbons (Fsp3) is 0.538. The third-order valence-corrected chi connectivity index (χ3v) is 10.6. The number of aromatic hydroxyl groups is 2. The number of aliphatic hydroxyl groups excluding tert-OH is 1. The van der Waals surface area contributed by atoms with Crippen LogP contribution in [0.15, 0.2) is 47.5 Å². The van der Waals surface area contributed by atoms with Crippen molar-refractivity contribution in [3.8, 4) is 35.0 Å². The van der Waals surface area contributed by atoms with Crippen LogP contribution >= 0.6 is 0 Å². The molecule has 2 aromatic rings. The average molecular weight is 689 g/mol. The number of nitrogens with zero attached hydrogens (tertiary/aromatic N) is 1. The van der Waals surface area contributed by atoms with Gasteiger partial charge in [0.1, 0.15) is 5.60 Å². The minimum absolute atomic E-state index is 0.0334. The number of phenolic OH excluding ortho intramolecular Hbond substituents is 2. The molecule has 2 bridgehead atoms. The Kier molecular flexibility index (Phi) is 12.3. The predicted octanol–water partition coefficient (Wildman–Crippen LogP) is 5.04. The van der Waals surface area contributed by atoms with E-state index in [-0.39, 0.29) is 29.1 Å². The number of hydrogen-bond donors (Lipinski definition) is 6. The highest BCUT2D eigenvalue weighted by molar-refractivity contribution is 5.97. The molecule has 50 heavy (non-hydrogen) atoms. The highest BCUT2D eigenvalue weighted by Crippen LogP contribution is 2.49. The quantitative estimate of drug-likeness (QED) is 0.114. The SMILES string of the molecule is CN=C1NC#CCC2CCCC2(Cc2ccc(O)c(OC)c2)C(=O)C=CCCc2cc(c(O)c(OC3(CNC)CCC(CC(O)OC)C3)c2)N1. The van der Waals surface area contributed by atoms with E-state index in [4.69, 9.17) is 14.2 Å². The van der Waals surface area contributed by atoms with Crippen molar-refractivity contribution in [2.45, 2.75) is 82.5 Å². The smallest absolute Gasteiger partial charge is 0.207 e. The topological polar surface area (TPSA) is 154 Å². The van der Waals surface area contributed by atoms with E-state index in [1.54, 1.807) is 19.2 Å². The van der Waals surface area contributed by atoms with Crippen LogP contribution in [0.2, 0.25) is 0 Å². The fourth-order valence-electron chi connectivity index (χ4n) is 8.04. The summed E-state index contributed by atoms with van der Waals surface area (Å²) in [7, 11) is 6.54. The van der Waals surface area contributed by atoms with Gasteiger partial charge in [-0.3, -0.25) is 15.1 Å². The number of rotatable bonds is 10. The molecule has 2 saturated carbocycles. The van der Waals surface area contributed by atoms with Crippen LogP contribution in [0.1, 0.15) is 68.9 Å². The van der Waals surface area contributed by atoms with Gasteiger partial charge in [0.15, 0.2) is 35.1 Å². The molecule has 1 aliphatic heterocycles. The van der Waals surface area contributed by atoms with Gasteiger partial charge in [-0.25, -0.2) is 0 Å². The van der Waals surface area contributed by atoms with E-state index in [2.05, 4.69) is 32.9 Å². The Morgan fingerprint density at radius 1 is 1.14 bits per heavy atom. The lowest BCUT2D eigenvalue weighted by Gasteiger charge is -2.33. The van der Waals surface area contributed by atoms with Crippen LogP contribution < -0.4 is 25.4 Å². The Morgan fingerprint density at radius 2 is 1.98 bits per heavy atom. The second-order valence-electron chi connectivity index (χ2n) is 13.9. The molecule has 5 rings (SSSR count). The van der Waals surface area contributed by atoms with Crippen molar-refractivity contribution in [3.63, 3.8) is 0 Å². The van der Waals surface area contributed by atoms with Crippen LogP contribution in [-0.4, -0.2) is 73.8 Å². The average Bonchev–Trinajstić information content (AvgIpc) is 3.70. The Labute approximate surface area is 295 Å². The van der Waals surface area contributed by atoms with Crippen molar-refractivity contribution < 1.29 is 34.3 Å². The van der Waals surface area contributed by atoms with E-state index in [1.807, 2.05) is 37.4 Å². The number of guanidine groups is 1. The molecule has 5 atom stereocenters. The van der Waals surface area contributed by atoms with Crippen LogP contribution in [-0.2, 0) is 22.4 Å². The number of aliphatic imine (C=N–C) groups is 1. The molecule has 0 aromatic heterocycles. The number of aryl methyl sites for hydroxylation is 1. The predicted molar refractivity (Wildman–Crippen MR) is 193 cm³/mol. The van der Waals surface area contributed by atoms with E-state index in [9.17, 15) is 20.1 Å². The Hall–Kier alpha value is -4.24. The maximum absolute atomic E-state index is 14.2.